The van der Waals surface area contributed by atoms with E-state index in [0.29, 0.717) is 31.5 Å². The van der Waals surface area contributed by atoms with Crippen LogP contribution in [0.3, 0.4) is 0 Å². The number of likely N-dealkylation sites (tertiary alicyclic amines) is 1. The molecule has 1 aromatic heterocycles. The average Bonchev–Trinajstić information content (AvgIpc) is 2.88. The molecule has 9 heteroatoms. The number of benzene rings is 2. The van der Waals surface area contributed by atoms with E-state index in [1.807, 2.05) is 37.3 Å². The van der Waals surface area contributed by atoms with Crippen molar-refractivity contribution in [3.63, 3.8) is 0 Å². The second-order valence-electron chi connectivity index (χ2n) is 9.39. The van der Waals surface area contributed by atoms with Crippen LogP contribution in [0.25, 0.3) is 10.9 Å². The Morgan fingerprint density at radius 3 is 2.62 bits per heavy atom. The maximum Gasteiger partial charge on any atom is 0.416 e. The molecule has 1 atom stereocenters. The summed E-state index contributed by atoms with van der Waals surface area (Å²) in [5.74, 6) is -0.180. The van der Waals surface area contributed by atoms with Gasteiger partial charge in [-0.25, -0.2) is 0 Å². The summed E-state index contributed by atoms with van der Waals surface area (Å²) in [5.41, 5.74) is 1.96. The third kappa shape index (κ3) is 5.25. The normalized spacial score (nSPS) is 16.3. The molecular formula is C28H29F3N4O2. The number of carbonyl (C=O) groups excluding carboxylic acids is 1. The van der Waals surface area contributed by atoms with E-state index < -0.39 is 17.3 Å². The highest BCUT2D eigenvalue weighted by atomic mass is 19.4. The van der Waals surface area contributed by atoms with Gasteiger partial charge in [0.25, 0.3) is 0 Å². The van der Waals surface area contributed by atoms with Gasteiger partial charge in [0.2, 0.25) is 5.91 Å². The van der Waals surface area contributed by atoms with Gasteiger partial charge >= 0.3 is 6.18 Å². The minimum Gasteiger partial charge on any atom is -0.378 e. The van der Waals surface area contributed by atoms with Gasteiger partial charge < -0.3 is 15.0 Å². The number of nitriles is 1. The molecule has 1 aliphatic heterocycles. The summed E-state index contributed by atoms with van der Waals surface area (Å²) >= 11 is 0. The lowest BCUT2D eigenvalue weighted by Gasteiger charge is -2.41. The molecule has 3 aromatic rings. The zero-order chi connectivity index (χ0) is 26.8. The molecular weight excluding hydrogens is 481 g/mol. The van der Waals surface area contributed by atoms with E-state index in [1.165, 1.54) is 13.0 Å². The number of rotatable bonds is 6. The molecule has 0 aliphatic carbocycles. The molecule has 194 valence electrons. The third-order valence-electron chi connectivity index (χ3n) is 7.33. The van der Waals surface area contributed by atoms with Crippen molar-refractivity contribution in [1.29, 1.82) is 5.26 Å². The molecule has 0 spiro atoms. The van der Waals surface area contributed by atoms with Crippen molar-refractivity contribution >= 4 is 22.5 Å². The fourth-order valence-electron chi connectivity index (χ4n) is 5.20. The number of amides is 1. The Hall–Kier alpha value is -3.64. The first kappa shape index (κ1) is 26.4. The molecule has 1 saturated heterocycles. The quantitative estimate of drug-likeness (QED) is 0.433. The topological polar surface area (TPSA) is 78.2 Å². The third-order valence-corrected chi connectivity index (χ3v) is 7.33. The van der Waals surface area contributed by atoms with E-state index in [-0.39, 0.29) is 23.9 Å². The van der Waals surface area contributed by atoms with Gasteiger partial charge in [0, 0.05) is 43.5 Å². The second-order valence-corrected chi connectivity index (χ2v) is 9.39. The van der Waals surface area contributed by atoms with Gasteiger partial charge in [-0.05, 0) is 67.6 Å². The minimum atomic E-state index is -4.42. The first-order chi connectivity index (χ1) is 17.6. The van der Waals surface area contributed by atoms with Crippen molar-refractivity contribution in [3.05, 3.63) is 70.9 Å². The molecule has 1 amide bonds. The number of piperidine rings is 1. The van der Waals surface area contributed by atoms with Crippen LogP contribution in [0.5, 0.6) is 0 Å². The van der Waals surface area contributed by atoms with Gasteiger partial charge in [0.05, 0.1) is 22.8 Å². The fourth-order valence-corrected chi connectivity index (χ4v) is 5.20. The number of alkyl halides is 3. The van der Waals surface area contributed by atoms with Crippen molar-refractivity contribution < 1.29 is 22.7 Å². The van der Waals surface area contributed by atoms with Crippen LogP contribution in [0.15, 0.2) is 48.7 Å². The smallest absolute Gasteiger partial charge is 0.378 e. The monoisotopic (exact) mass is 510 g/mol. The summed E-state index contributed by atoms with van der Waals surface area (Å²) in [6.45, 7) is 4.30. The first-order valence-electron chi connectivity index (χ1n) is 12.1. The average molecular weight is 511 g/mol. The number of methoxy groups -OCH3 is 1. The highest BCUT2D eigenvalue weighted by Gasteiger charge is 2.38. The van der Waals surface area contributed by atoms with Crippen LogP contribution in [0.4, 0.5) is 18.9 Å². The van der Waals surface area contributed by atoms with E-state index >= 15 is 0 Å². The Morgan fingerprint density at radius 2 is 1.97 bits per heavy atom. The minimum absolute atomic E-state index is 0.139. The molecule has 1 aliphatic rings. The Bertz CT molecular complexity index is 1340. The number of nitrogens with zero attached hydrogens (tertiary/aromatic N) is 3. The molecule has 0 radical (unpaired) electrons. The Labute approximate surface area is 214 Å². The van der Waals surface area contributed by atoms with E-state index in [4.69, 9.17) is 10.00 Å². The summed E-state index contributed by atoms with van der Waals surface area (Å²) in [7, 11) is 1.65. The molecule has 4 rings (SSSR count). The Balaban J connectivity index is 1.64. The van der Waals surface area contributed by atoms with Crippen LogP contribution in [0.2, 0.25) is 0 Å². The van der Waals surface area contributed by atoms with Crippen LogP contribution < -0.4 is 5.32 Å². The standard InChI is InChI=1S/C28H29F3N4O2/c1-18-21(5-4-6-23(18)28(29,30)31)19(2)34-25-10-14-33-24-8-7-20(17-22(24)25)27(37-3)11-15-35(16-12-27)26(36)9-13-32/h4-8,10,14,17,19H,9,11-12,15-16H2,1-3H3,(H,33,34)/t19-/m1/s1. The molecule has 1 N–H and O–H groups in total. The van der Waals surface area contributed by atoms with Crippen molar-refractivity contribution in [2.24, 2.45) is 0 Å². The van der Waals surface area contributed by atoms with Gasteiger partial charge in [-0.2, -0.15) is 18.4 Å². The molecule has 0 bridgehead atoms. The zero-order valence-electron chi connectivity index (χ0n) is 21.0. The molecule has 0 unspecified atom stereocenters. The van der Waals surface area contributed by atoms with Crippen LogP contribution in [-0.2, 0) is 21.3 Å². The van der Waals surface area contributed by atoms with E-state index in [9.17, 15) is 18.0 Å². The van der Waals surface area contributed by atoms with E-state index in [0.717, 1.165) is 28.2 Å². The molecule has 2 heterocycles. The SMILES string of the molecule is COC1(c2ccc3nccc(N[C@H](C)c4cccc(C(F)(F)F)c4C)c3c2)CCN(C(=O)CC#N)CC1. The highest BCUT2D eigenvalue weighted by Crippen LogP contribution is 2.39. The largest absolute Gasteiger partial charge is 0.416 e. The van der Waals surface area contributed by atoms with E-state index in [2.05, 4.69) is 10.3 Å². The van der Waals surface area contributed by atoms with Gasteiger partial charge in [-0.3, -0.25) is 9.78 Å². The highest BCUT2D eigenvalue weighted by molar-refractivity contribution is 5.92. The number of anilines is 1. The van der Waals surface area contributed by atoms with Gasteiger partial charge in [-0.1, -0.05) is 18.2 Å². The number of halogens is 3. The van der Waals surface area contributed by atoms with Gasteiger partial charge in [0.1, 0.15) is 6.42 Å². The molecule has 0 saturated carbocycles. The fraction of sp³-hybridized carbons (Fsp3) is 0.393. The van der Waals surface area contributed by atoms with Crippen molar-refractivity contribution in [3.8, 4) is 6.07 Å². The van der Waals surface area contributed by atoms with E-state index in [1.54, 1.807) is 24.3 Å². The number of nitrogens with one attached hydrogen (secondary N) is 1. The number of aromatic nitrogens is 1. The lowest BCUT2D eigenvalue weighted by Crippen LogP contribution is -2.46. The number of pyridine rings is 1. The summed E-state index contributed by atoms with van der Waals surface area (Å²) < 4.78 is 46.3. The molecule has 6 nitrogen and oxygen atoms in total. The van der Waals surface area contributed by atoms with Crippen molar-refractivity contribution in [1.82, 2.24) is 9.88 Å². The number of hydrogen-bond donors (Lipinski definition) is 1. The zero-order valence-corrected chi connectivity index (χ0v) is 21.0. The number of ether oxygens (including phenoxy) is 1. The number of fused-ring (bicyclic) bond motifs is 1. The van der Waals surface area contributed by atoms with Gasteiger partial charge in [0.15, 0.2) is 0 Å². The Morgan fingerprint density at radius 1 is 1.24 bits per heavy atom. The summed E-state index contributed by atoms with van der Waals surface area (Å²) in [4.78, 5) is 18.3. The van der Waals surface area contributed by atoms with Crippen molar-refractivity contribution in [2.45, 2.75) is 50.9 Å². The van der Waals surface area contributed by atoms with Crippen LogP contribution in [0.1, 0.15) is 54.5 Å². The summed E-state index contributed by atoms with van der Waals surface area (Å²) in [6, 6.07) is 13.5. The Kier molecular flexibility index (Phi) is 7.42. The summed E-state index contributed by atoms with van der Waals surface area (Å²) in [5, 5.41) is 13.1. The van der Waals surface area contributed by atoms with Crippen LogP contribution in [0, 0.1) is 18.3 Å². The predicted molar refractivity (Wildman–Crippen MR) is 135 cm³/mol. The lowest BCUT2D eigenvalue weighted by molar-refractivity contribution is -0.138. The number of carbonyl (C=O) groups is 1. The lowest BCUT2D eigenvalue weighted by atomic mass is 9.83. The maximum absolute atomic E-state index is 13.4. The maximum atomic E-state index is 13.4. The number of hydrogen-bond acceptors (Lipinski definition) is 5. The van der Waals surface area contributed by atoms with Gasteiger partial charge in [-0.15, -0.1) is 0 Å². The van der Waals surface area contributed by atoms with Crippen LogP contribution in [-0.4, -0.2) is 36.0 Å². The predicted octanol–water partition coefficient (Wildman–Crippen LogP) is 6.11. The first-order valence-corrected chi connectivity index (χ1v) is 12.1. The molecule has 37 heavy (non-hydrogen) atoms. The van der Waals surface area contributed by atoms with Crippen LogP contribution >= 0.6 is 0 Å². The second kappa shape index (κ2) is 10.4. The summed E-state index contributed by atoms with van der Waals surface area (Å²) in [6.07, 6.45) is -1.73. The molecule has 2 aromatic carbocycles. The molecule has 1 fully saturated rings. The van der Waals surface area contributed by atoms with Crippen molar-refractivity contribution in [2.75, 3.05) is 25.5 Å².